The van der Waals surface area contributed by atoms with Crippen LogP contribution >= 0.6 is 0 Å². The van der Waals surface area contributed by atoms with Crippen LogP contribution in [0.4, 0.5) is 13.2 Å². The predicted molar refractivity (Wildman–Crippen MR) is 110 cm³/mol. The summed E-state index contributed by atoms with van der Waals surface area (Å²) in [6.07, 6.45) is 1.99. The fraction of sp³-hybridized carbons (Fsp3) is 0.318. The van der Waals surface area contributed by atoms with Crippen molar-refractivity contribution in [2.24, 2.45) is 5.73 Å². The Morgan fingerprint density at radius 1 is 1.29 bits per heavy atom. The molecular formula is C22H22F3N3O3. The number of methoxy groups -OCH3 is 1. The second-order valence-electron chi connectivity index (χ2n) is 7.32. The van der Waals surface area contributed by atoms with Crippen LogP contribution in [0.1, 0.15) is 47.8 Å². The minimum Gasteiger partial charge on any atom is -0.494 e. The van der Waals surface area contributed by atoms with Crippen LogP contribution in [0.2, 0.25) is 0 Å². The van der Waals surface area contributed by atoms with Crippen molar-refractivity contribution in [3.63, 3.8) is 0 Å². The molecule has 3 N–H and O–H groups in total. The normalized spacial score (nSPS) is 17.5. The standard InChI is InChI=1S/C15H15F2N3O2.C7H7FO/c16-15(17)4-1-2-8(7-15)10-6-11(21)12-9(20-10)3-5-19-13(12)14(18)22;1-9-7-5-3-2-4-6(7)8/h3,5-6,8H,1-2,4,7H2,(H2,18,22)(H,20,21);2-5H,1H3/t8-;/m0./s1. The number of carbonyl (C=O) groups is 1. The molecule has 4 rings (SSSR count). The average molecular weight is 433 g/mol. The summed E-state index contributed by atoms with van der Waals surface area (Å²) in [4.78, 5) is 30.4. The summed E-state index contributed by atoms with van der Waals surface area (Å²) in [5.74, 6) is -3.93. The van der Waals surface area contributed by atoms with Gasteiger partial charge in [0.15, 0.2) is 17.0 Å². The molecule has 1 saturated carbocycles. The van der Waals surface area contributed by atoms with Gasteiger partial charge in [0, 0.05) is 36.7 Å². The number of aromatic amines is 1. The first-order valence-corrected chi connectivity index (χ1v) is 9.70. The highest BCUT2D eigenvalue weighted by Crippen LogP contribution is 2.41. The molecule has 1 aromatic carbocycles. The van der Waals surface area contributed by atoms with Crippen molar-refractivity contribution in [1.29, 1.82) is 0 Å². The lowest BCUT2D eigenvalue weighted by atomic mass is 9.84. The molecule has 2 heterocycles. The van der Waals surface area contributed by atoms with Gasteiger partial charge in [0.05, 0.1) is 18.0 Å². The van der Waals surface area contributed by atoms with Gasteiger partial charge in [-0.2, -0.15) is 0 Å². The fourth-order valence-electron chi connectivity index (χ4n) is 3.67. The number of fused-ring (bicyclic) bond motifs is 1. The Hall–Kier alpha value is -3.36. The van der Waals surface area contributed by atoms with Crippen molar-refractivity contribution in [2.75, 3.05) is 7.11 Å². The van der Waals surface area contributed by atoms with E-state index in [0.717, 1.165) is 0 Å². The third-order valence-electron chi connectivity index (χ3n) is 5.13. The number of hydrogen-bond donors (Lipinski definition) is 2. The number of pyridine rings is 2. The lowest BCUT2D eigenvalue weighted by Gasteiger charge is -2.29. The first kappa shape index (κ1) is 22.3. The number of nitrogens with one attached hydrogen (secondary N) is 1. The number of nitrogens with two attached hydrogens (primary N) is 1. The smallest absolute Gasteiger partial charge is 0.268 e. The average Bonchev–Trinajstić information content (AvgIpc) is 2.73. The topological polar surface area (TPSA) is 98.1 Å². The molecule has 0 spiro atoms. The van der Waals surface area contributed by atoms with E-state index in [1.54, 1.807) is 18.2 Å². The zero-order valence-corrected chi connectivity index (χ0v) is 16.8. The molecular weight excluding hydrogens is 411 g/mol. The molecule has 3 aromatic rings. The summed E-state index contributed by atoms with van der Waals surface area (Å²) in [5, 5.41) is 0.0984. The van der Waals surface area contributed by atoms with Crippen LogP contribution < -0.4 is 15.9 Å². The van der Waals surface area contributed by atoms with Crippen LogP contribution in [0.5, 0.6) is 5.75 Å². The highest BCUT2D eigenvalue weighted by atomic mass is 19.3. The Balaban J connectivity index is 0.000000254. The van der Waals surface area contributed by atoms with E-state index in [4.69, 9.17) is 5.73 Å². The Morgan fingerprint density at radius 2 is 2.03 bits per heavy atom. The van der Waals surface area contributed by atoms with Crippen molar-refractivity contribution in [3.8, 4) is 5.75 Å². The highest BCUT2D eigenvalue weighted by molar-refractivity contribution is 6.03. The Kier molecular flexibility index (Phi) is 6.62. The Bertz CT molecular complexity index is 1150. The Labute approximate surface area is 176 Å². The van der Waals surface area contributed by atoms with Crippen molar-refractivity contribution in [2.45, 2.75) is 37.5 Å². The molecule has 0 saturated heterocycles. The summed E-state index contributed by atoms with van der Waals surface area (Å²) in [7, 11) is 1.44. The summed E-state index contributed by atoms with van der Waals surface area (Å²) >= 11 is 0. The van der Waals surface area contributed by atoms with E-state index in [1.807, 2.05) is 0 Å². The molecule has 1 fully saturated rings. The van der Waals surface area contributed by atoms with Crippen molar-refractivity contribution in [1.82, 2.24) is 9.97 Å². The number of ether oxygens (including phenoxy) is 1. The molecule has 1 atom stereocenters. The van der Waals surface area contributed by atoms with Gasteiger partial charge < -0.3 is 15.5 Å². The van der Waals surface area contributed by atoms with E-state index in [9.17, 15) is 22.8 Å². The van der Waals surface area contributed by atoms with Crippen molar-refractivity contribution in [3.05, 3.63) is 70.0 Å². The zero-order chi connectivity index (χ0) is 22.6. The van der Waals surface area contributed by atoms with Gasteiger partial charge >= 0.3 is 0 Å². The van der Waals surface area contributed by atoms with Gasteiger partial charge in [-0.25, -0.2) is 13.2 Å². The number of rotatable bonds is 3. The van der Waals surface area contributed by atoms with E-state index in [1.165, 1.54) is 31.5 Å². The minimum absolute atomic E-state index is 0.0984. The number of benzene rings is 1. The molecule has 6 nitrogen and oxygen atoms in total. The van der Waals surface area contributed by atoms with E-state index in [-0.39, 0.29) is 35.5 Å². The number of para-hydroxylation sites is 1. The molecule has 31 heavy (non-hydrogen) atoms. The van der Waals surface area contributed by atoms with Gasteiger partial charge in [-0.3, -0.25) is 14.6 Å². The third-order valence-corrected chi connectivity index (χ3v) is 5.13. The number of primary amides is 1. The molecule has 1 amide bonds. The molecule has 9 heteroatoms. The highest BCUT2D eigenvalue weighted by Gasteiger charge is 2.37. The van der Waals surface area contributed by atoms with Gasteiger partial charge in [0.1, 0.15) is 5.69 Å². The lowest BCUT2D eigenvalue weighted by molar-refractivity contribution is -0.0412. The SMILES string of the molecule is COc1ccccc1F.NC(=O)c1nccc2[nH]c([C@H]3CCCC(F)(F)C3)cc(=O)c12. The monoisotopic (exact) mass is 433 g/mol. The van der Waals surface area contributed by atoms with Crippen LogP contribution in [0.25, 0.3) is 10.9 Å². The number of halogens is 3. The number of H-pyrrole nitrogens is 1. The third kappa shape index (κ3) is 5.22. The number of alkyl halides is 2. The van der Waals surface area contributed by atoms with E-state index < -0.39 is 23.2 Å². The molecule has 164 valence electrons. The largest absolute Gasteiger partial charge is 0.494 e. The summed E-state index contributed by atoms with van der Waals surface area (Å²) in [6.45, 7) is 0. The van der Waals surface area contributed by atoms with Crippen LogP contribution in [0, 0.1) is 5.82 Å². The Morgan fingerprint density at radius 3 is 2.65 bits per heavy atom. The van der Waals surface area contributed by atoms with Gasteiger partial charge in [-0.15, -0.1) is 0 Å². The first-order valence-electron chi connectivity index (χ1n) is 9.70. The van der Waals surface area contributed by atoms with Crippen LogP contribution in [0.15, 0.2) is 47.4 Å². The maximum Gasteiger partial charge on any atom is 0.268 e. The second kappa shape index (κ2) is 9.20. The van der Waals surface area contributed by atoms with E-state index in [0.29, 0.717) is 24.1 Å². The summed E-state index contributed by atoms with van der Waals surface area (Å²) in [6, 6.07) is 9.10. The summed E-state index contributed by atoms with van der Waals surface area (Å²) < 4.78 is 44.3. The molecule has 0 bridgehead atoms. The van der Waals surface area contributed by atoms with Gasteiger partial charge in [-0.1, -0.05) is 12.1 Å². The van der Waals surface area contributed by atoms with Crippen LogP contribution in [-0.2, 0) is 0 Å². The zero-order valence-electron chi connectivity index (χ0n) is 16.8. The van der Waals surface area contributed by atoms with Gasteiger partial charge in [-0.05, 0) is 31.0 Å². The van der Waals surface area contributed by atoms with Crippen LogP contribution in [-0.4, -0.2) is 28.9 Å². The molecule has 0 radical (unpaired) electrons. The number of aromatic nitrogens is 2. The molecule has 1 aliphatic carbocycles. The lowest BCUT2D eigenvalue weighted by Crippen LogP contribution is -2.26. The number of hydrogen-bond acceptors (Lipinski definition) is 4. The summed E-state index contributed by atoms with van der Waals surface area (Å²) in [5.41, 5.74) is 5.53. The molecule has 2 aromatic heterocycles. The van der Waals surface area contributed by atoms with E-state index in [2.05, 4.69) is 14.7 Å². The van der Waals surface area contributed by atoms with E-state index >= 15 is 0 Å². The number of amides is 1. The molecule has 0 aliphatic heterocycles. The fourth-order valence-corrected chi connectivity index (χ4v) is 3.67. The second-order valence-corrected chi connectivity index (χ2v) is 7.32. The van der Waals surface area contributed by atoms with Crippen molar-refractivity contribution < 1.29 is 22.7 Å². The maximum absolute atomic E-state index is 13.6. The number of carbonyl (C=O) groups excluding carboxylic acids is 1. The molecule has 0 unspecified atom stereocenters. The first-order chi connectivity index (χ1) is 14.7. The number of nitrogens with zero attached hydrogens (tertiary/aromatic N) is 1. The van der Waals surface area contributed by atoms with Crippen LogP contribution in [0.3, 0.4) is 0 Å². The minimum atomic E-state index is -2.70. The van der Waals surface area contributed by atoms with Gasteiger partial charge in [0.25, 0.3) is 5.91 Å². The quantitative estimate of drug-likeness (QED) is 0.648. The molecule has 1 aliphatic rings. The van der Waals surface area contributed by atoms with Gasteiger partial charge in [0.2, 0.25) is 5.92 Å². The van der Waals surface area contributed by atoms with Crippen molar-refractivity contribution >= 4 is 16.8 Å². The predicted octanol–water partition coefficient (Wildman–Crippen LogP) is 4.15. The maximum atomic E-state index is 13.6.